The van der Waals surface area contributed by atoms with Crippen molar-refractivity contribution < 1.29 is 12.6 Å². The molecular formula is C15H18O3S. The molecule has 1 aromatic carbocycles. The highest BCUT2D eigenvalue weighted by molar-refractivity contribution is 7.86. The van der Waals surface area contributed by atoms with E-state index in [1.807, 2.05) is 32.1 Å². The molecule has 0 bridgehead atoms. The van der Waals surface area contributed by atoms with E-state index in [1.54, 1.807) is 24.3 Å². The molecule has 0 radical (unpaired) electrons. The molecule has 2 rings (SSSR count). The van der Waals surface area contributed by atoms with Crippen molar-refractivity contribution in [2.75, 3.05) is 6.61 Å². The van der Waals surface area contributed by atoms with E-state index < -0.39 is 10.1 Å². The molecule has 0 fully saturated rings. The van der Waals surface area contributed by atoms with Crippen LogP contribution < -0.4 is 0 Å². The zero-order chi connectivity index (χ0) is 13.9. The first kappa shape index (κ1) is 14.0. The van der Waals surface area contributed by atoms with Gasteiger partial charge >= 0.3 is 0 Å². The van der Waals surface area contributed by atoms with Gasteiger partial charge < -0.3 is 0 Å². The Kier molecular flexibility index (Phi) is 4.22. The van der Waals surface area contributed by atoms with Gasteiger partial charge in [0.15, 0.2) is 0 Å². The highest BCUT2D eigenvalue weighted by Crippen LogP contribution is 2.19. The molecule has 102 valence electrons. The molecule has 1 aromatic rings. The second-order valence-electron chi connectivity index (χ2n) is 4.86. The van der Waals surface area contributed by atoms with Crippen LogP contribution in [0.25, 0.3) is 0 Å². The Labute approximate surface area is 114 Å². The maximum atomic E-state index is 12.0. The van der Waals surface area contributed by atoms with Gasteiger partial charge in [0.05, 0.1) is 11.5 Å². The van der Waals surface area contributed by atoms with Crippen LogP contribution in [0.15, 0.2) is 53.0 Å². The molecule has 0 heterocycles. The standard InChI is InChI=1S/C15H18O3S/c1-12-6-8-15(9-7-12)19(16,17)18-11-14-5-3-4-13(2)10-14/h3-4,6-10,14H,5,11H2,1-2H3. The average molecular weight is 278 g/mol. The number of rotatable bonds is 4. The Hall–Kier alpha value is -1.39. The quantitative estimate of drug-likeness (QED) is 0.794. The van der Waals surface area contributed by atoms with Crippen LogP contribution in [0.4, 0.5) is 0 Å². The first-order valence-electron chi connectivity index (χ1n) is 6.28. The lowest BCUT2D eigenvalue weighted by molar-refractivity contribution is 0.279. The topological polar surface area (TPSA) is 43.4 Å². The number of hydrogen-bond donors (Lipinski definition) is 0. The largest absolute Gasteiger partial charge is 0.296 e. The van der Waals surface area contributed by atoms with Gasteiger partial charge in [-0.1, -0.05) is 41.5 Å². The van der Waals surface area contributed by atoms with E-state index in [4.69, 9.17) is 4.18 Å². The van der Waals surface area contributed by atoms with Crippen LogP contribution in [-0.2, 0) is 14.3 Å². The molecule has 0 saturated heterocycles. The fraction of sp³-hybridized carbons (Fsp3) is 0.333. The predicted molar refractivity (Wildman–Crippen MR) is 75.3 cm³/mol. The SMILES string of the molecule is CC1=CC(COS(=O)(=O)c2ccc(C)cc2)CC=C1. The van der Waals surface area contributed by atoms with Crippen molar-refractivity contribution in [3.63, 3.8) is 0 Å². The van der Waals surface area contributed by atoms with Gasteiger partial charge in [-0.25, -0.2) is 0 Å². The molecule has 3 nitrogen and oxygen atoms in total. The monoisotopic (exact) mass is 278 g/mol. The third-order valence-electron chi connectivity index (χ3n) is 3.07. The molecule has 0 amide bonds. The van der Waals surface area contributed by atoms with Gasteiger partial charge in [-0.15, -0.1) is 0 Å². The lowest BCUT2D eigenvalue weighted by Gasteiger charge is -2.15. The van der Waals surface area contributed by atoms with Crippen LogP contribution in [0.3, 0.4) is 0 Å². The zero-order valence-electron chi connectivity index (χ0n) is 11.2. The van der Waals surface area contributed by atoms with E-state index in [-0.39, 0.29) is 17.4 Å². The van der Waals surface area contributed by atoms with Crippen molar-refractivity contribution in [1.82, 2.24) is 0 Å². The molecule has 0 aliphatic heterocycles. The third-order valence-corrected chi connectivity index (χ3v) is 4.36. The van der Waals surface area contributed by atoms with Crippen molar-refractivity contribution in [3.05, 3.63) is 53.6 Å². The summed E-state index contributed by atoms with van der Waals surface area (Å²) in [5.74, 6) is 0.130. The van der Waals surface area contributed by atoms with Gasteiger partial charge in [0, 0.05) is 5.92 Å². The molecule has 0 spiro atoms. The Morgan fingerprint density at radius 1 is 1.21 bits per heavy atom. The summed E-state index contributed by atoms with van der Waals surface area (Å²) in [4.78, 5) is 0.213. The maximum absolute atomic E-state index is 12.0. The smallest absolute Gasteiger partial charge is 0.266 e. The highest BCUT2D eigenvalue weighted by atomic mass is 32.2. The predicted octanol–water partition coefficient (Wildman–Crippen LogP) is 3.22. The van der Waals surface area contributed by atoms with Crippen molar-refractivity contribution in [2.24, 2.45) is 5.92 Å². The fourth-order valence-corrected chi connectivity index (χ4v) is 2.95. The lowest BCUT2D eigenvalue weighted by atomic mass is 9.98. The van der Waals surface area contributed by atoms with Crippen LogP contribution in [-0.4, -0.2) is 15.0 Å². The normalized spacial score (nSPS) is 19.3. The zero-order valence-corrected chi connectivity index (χ0v) is 12.0. The van der Waals surface area contributed by atoms with E-state index in [2.05, 4.69) is 0 Å². The van der Waals surface area contributed by atoms with Crippen molar-refractivity contribution in [1.29, 1.82) is 0 Å². The van der Waals surface area contributed by atoms with Gasteiger partial charge in [0.25, 0.3) is 10.1 Å². The van der Waals surface area contributed by atoms with Gasteiger partial charge in [-0.3, -0.25) is 4.18 Å². The van der Waals surface area contributed by atoms with E-state index in [1.165, 1.54) is 0 Å². The van der Waals surface area contributed by atoms with Crippen molar-refractivity contribution in [3.8, 4) is 0 Å². The first-order chi connectivity index (χ1) is 8.97. The molecule has 0 N–H and O–H groups in total. The second-order valence-corrected chi connectivity index (χ2v) is 6.48. The van der Waals surface area contributed by atoms with E-state index in [9.17, 15) is 8.42 Å². The van der Waals surface area contributed by atoms with Gasteiger partial charge in [0.1, 0.15) is 0 Å². The lowest BCUT2D eigenvalue weighted by Crippen LogP contribution is -2.14. The average Bonchev–Trinajstić information content (AvgIpc) is 2.37. The summed E-state index contributed by atoms with van der Waals surface area (Å²) < 4.78 is 29.2. The molecule has 1 aliphatic rings. The Balaban J connectivity index is 2.02. The number of allylic oxidation sites excluding steroid dienone is 3. The number of benzene rings is 1. The minimum atomic E-state index is -3.65. The van der Waals surface area contributed by atoms with Gasteiger partial charge in [-0.2, -0.15) is 8.42 Å². The maximum Gasteiger partial charge on any atom is 0.296 e. The molecule has 4 heteroatoms. The summed E-state index contributed by atoms with van der Waals surface area (Å²) in [7, 11) is -3.65. The van der Waals surface area contributed by atoms with E-state index in [0.717, 1.165) is 17.6 Å². The summed E-state index contributed by atoms with van der Waals surface area (Å²) in [5, 5.41) is 0. The molecule has 1 unspecified atom stereocenters. The summed E-state index contributed by atoms with van der Waals surface area (Å²) in [6.07, 6.45) is 6.94. The summed E-state index contributed by atoms with van der Waals surface area (Å²) in [6, 6.07) is 6.69. The molecule has 1 aliphatic carbocycles. The van der Waals surface area contributed by atoms with Crippen molar-refractivity contribution >= 4 is 10.1 Å². The van der Waals surface area contributed by atoms with Crippen LogP contribution in [0.5, 0.6) is 0 Å². The van der Waals surface area contributed by atoms with Crippen molar-refractivity contribution in [2.45, 2.75) is 25.2 Å². The molecule has 0 saturated carbocycles. The Morgan fingerprint density at radius 2 is 1.89 bits per heavy atom. The van der Waals surface area contributed by atoms with Crippen LogP contribution in [0, 0.1) is 12.8 Å². The summed E-state index contributed by atoms with van der Waals surface area (Å²) in [5.41, 5.74) is 2.17. The van der Waals surface area contributed by atoms with Crippen LogP contribution in [0.2, 0.25) is 0 Å². The molecule has 1 atom stereocenters. The third kappa shape index (κ3) is 3.78. The fourth-order valence-electron chi connectivity index (χ4n) is 1.99. The highest BCUT2D eigenvalue weighted by Gasteiger charge is 2.17. The van der Waals surface area contributed by atoms with Crippen LogP contribution in [0.1, 0.15) is 18.9 Å². The van der Waals surface area contributed by atoms with E-state index in [0.29, 0.717) is 0 Å². The Morgan fingerprint density at radius 3 is 2.53 bits per heavy atom. The van der Waals surface area contributed by atoms with E-state index >= 15 is 0 Å². The molecule has 0 aromatic heterocycles. The minimum absolute atomic E-state index is 0.130. The molecular weight excluding hydrogens is 260 g/mol. The number of hydrogen-bond acceptors (Lipinski definition) is 3. The Bertz CT molecular complexity index is 595. The van der Waals surface area contributed by atoms with Crippen LogP contribution >= 0.6 is 0 Å². The second kappa shape index (κ2) is 5.72. The summed E-state index contributed by atoms with van der Waals surface area (Å²) >= 11 is 0. The minimum Gasteiger partial charge on any atom is -0.266 e. The van der Waals surface area contributed by atoms with Gasteiger partial charge in [-0.05, 0) is 32.4 Å². The first-order valence-corrected chi connectivity index (χ1v) is 7.69. The van der Waals surface area contributed by atoms with Gasteiger partial charge in [0.2, 0.25) is 0 Å². The summed E-state index contributed by atoms with van der Waals surface area (Å²) in [6.45, 7) is 4.11. The molecule has 19 heavy (non-hydrogen) atoms. The number of aryl methyl sites for hydroxylation is 1.